The van der Waals surface area contributed by atoms with Crippen molar-refractivity contribution < 1.29 is 48.2 Å². The van der Waals surface area contributed by atoms with Crippen molar-refractivity contribution in [3.63, 3.8) is 0 Å². The van der Waals surface area contributed by atoms with Gasteiger partial charge in [-0.15, -0.1) is 0 Å². The van der Waals surface area contributed by atoms with Crippen LogP contribution in [-0.4, -0.2) is 102 Å². The molecule has 5 rings (SSSR count). The molecule has 4 aromatic carbocycles. The number of rotatable bonds is 24. The lowest BCUT2D eigenvalue weighted by Crippen LogP contribution is -2.61. The third-order valence-corrected chi connectivity index (χ3v) is 14.8. The number of para-hydroxylation sites is 1. The van der Waals surface area contributed by atoms with Crippen molar-refractivity contribution in [2.75, 3.05) is 29.6 Å². The van der Waals surface area contributed by atoms with Crippen molar-refractivity contribution in [3.05, 3.63) is 137 Å². The van der Waals surface area contributed by atoms with E-state index in [0.717, 1.165) is 22.4 Å². The van der Waals surface area contributed by atoms with Gasteiger partial charge in [-0.3, -0.25) is 34.1 Å². The fraction of sp³-hybridized carbons (Fsp3) is 0.438. The number of fused-ring (bicyclic) bond motifs is 2. The molecule has 0 aromatic heterocycles. The summed E-state index contributed by atoms with van der Waals surface area (Å²) < 4.78 is 5.53. The number of carboxylic acid groups (broad SMARTS) is 1. The average Bonchev–Trinajstić information content (AvgIpc) is 3.49. The number of carboxylic acids is 1. The Morgan fingerprint density at radius 2 is 1.33 bits per heavy atom. The van der Waals surface area contributed by atoms with Gasteiger partial charge in [0, 0.05) is 42.3 Å². The second kappa shape index (κ2) is 29.0. The van der Waals surface area contributed by atoms with Crippen molar-refractivity contribution in [2.24, 2.45) is 17.3 Å². The molecule has 1 aliphatic heterocycles. The summed E-state index contributed by atoms with van der Waals surface area (Å²) in [5.74, 6) is -3.65. The number of amides is 7. The van der Waals surface area contributed by atoms with E-state index in [0.29, 0.717) is 41.9 Å². The van der Waals surface area contributed by atoms with E-state index in [9.17, 15) is 43.5 Å². The molecule has 0 fully saturated rings. The lowest BCUT2D eigenvalue weighted by atomic mass is 9.76. The largest absolute Gasteiger partial charge is 0.478 e. The number of likely N-dealkylation sites (N-methyl/N-ethyl adjacent to an activating group) is 2. The van der Waals surface area contributed by atoms with Crippen LogP contribution in [0, 0.1) is 17.3 Å². The molecule has 1 aliphatic rings. The highest BCUT2D eigenvalue weighted by Crippen LogP contribution is 2.32. The van der Waals surface area contributed by atoms with E-state index in [1.807, 2.05) is 109 Å². The van der Waals surface area contributed by atoms with Crippen LogP contribution in [0.2, 0.25) is 0 Å². The van der Waals surface area contributed by atoms with E-state index >= 15 is 0 Å². The van der Waals surface area contributed by atoms with Gasteiger partial charge in [-0.1, -0.05) is 147 Å². The van der Waals surface area contributed by atoms with Gasteiger partial charge in [0.05, 0.1) is 24.3 Å². The molecular formula is C64H84N8O10. The van der Waals surface area contributed by atoms with Crippen LogP contribution < -0.4 is 36.8 Å². The molecular weight excluding hydrogens is 1040 g/mol. The Hall–Kier alpha value is -8.12. The lowest BCUT2D eigenvalue weighted by molar-refractivity contribution is -0.141. The van der Waals surface area contributed by atoms with Crippen LogP contribution in [0.4, 0.5) is 21.9 Å². The molecule has 0 spiro atoms. The molecule has 0 saturated carbocycles. The minimum Gasteiger partial charge on any atom is -0.478 e. The van der Waals surface area contributed by atoms with Gasteiger partial charge >= 0.3 is 12.1 Å². The van der Waals surface area contributed by atoms with Gasteiger partial charge in [0.25, 0.3) is 0 Å². The number of hydrogen-bond donors (Lipinski definition) is 7. The van der Waals surface area contributed by atoms with E-state index in [-0.39, 0.29) is 54.6 Å². The number of unbranched alkanes of at least 4 members (excludes halogenated alkanes) is 1. The quantitative estimate of drug-likeness (QED) is 0.0258. The number of anilines is 3. The SMILES string of the molecule is CN[C@H](C(=O)N[C@H](C(=O)N(C)[C@H](/C=C(\C)C(=O)O)C(C)C)C(C)(C)C)C(C)(C)c1cccc(NC(=O)OCc2ccc(NC(=O)[C@H](C)NC(=O)[C@@H](NC(=O)CCCCC(=O)N3Cc4ccccc4C=Cc4ccccc43)C(C)C)cc2)c1. The van der Waals surface area contributed by atoms with Gasteiger partial charge in [0.1, 0.15) is 24.7 Å². The summed E-state index contributed by atoms with van der Waals surface area (Å²) in [7, 11) is 3.26. The molecule has 0 radical (unpaired) electrons. The standard InChI is InChI=1S/C64H84N8O10/c1-39(2)51(35-41(5)61(79)80)71(13)60(78)56(63(7,8)9)70-59(77)55(65-12)64(10,11)47-24-20-25-49(36-47)68-62(81)82-38-43-29-33-48(34-30-43)67-57(75)42(6)66-58(76)54(40(3)4)69-52(73)27-18-19-28-53(74)72-37-46-23-15-14-21-44(46)31-32-45-22-16-17-26-50(45)72/h14-17,20-26,29-36,39-40,42,51,54-56,65H,18-19,27-28,37-38H2,1-13H3,(H,66,76)(H,67,75)(H,68,81)(H,69,73)(H,70,77)(H,79,80)/b32-31?,41-35+/t42-,51+,54-,55+,56+/m0/s1. The number of nitrogens with one attached hydrogen (secondary N) is 6. The minimum atomic E-state index is -1.08. The van der Waals surface area contributed by atoms with Crippen LogP contribution in [0.5, 0.6) is 0 Å². The molecule has 7 N–H and O–H groups in total. The number of aliphatic carboxylic acids is 1. The smallest absolute Gasteiger partial charge is 0.411 e. The Kier molecular flexibility index (Phi) is 22.9. The van der Waals surface area contributed by atoms with Crippen molar-refractivity contribution in [1.82, 2.24) is 26.2 Å². The molecule has 4 aromatic rings. The van der Waals surface area contributed by atoms with Crippen molar-refractivity contribution in [2.45, 2.75) is 151 Å². The molecule has 0 bridgehead atoms. The Bertz CT molecular complexity index is 3000. The van der Waals surface area contributed by atoms with Crippen LogP contribution in [0.25, 0.3) is 12.2 Å². The molecule has 5 atom stereocenters. The number of hydrogen-bond acceptors (Lipinski definition) is 10. The maximum absolute atomic E-state index is 14.2. The minimum absolute atomic E-state index is 0.0433. The van der Waals surface area contributed by atoms with Gasteiger partial charge < -0.3 is 46.2 Å². The van der Waals surface area contributed by atoms with Gasteiger partial charge in [0.2, 0.25) is 35.4 Å². The molecule has 440 valence electrons. The van der Waals surface area contributed by atoms with Crippen LogP contribution in [0.3, 0.4) is 0 Å². The first-order chi connectivity index (χ1) is 38.6. The molecule has 7 amide bonds. The van der Waals surface area contributed by atoms with Crippen molar-refractivity contribution in [1.29, 1.82) is 0 Å². The molecule has 0 unspecified atom stereocenters. The van der Waals surface area contributed by atoms with E-state index in [1.54, 1.807) is 88.3 Å². The van der Waals surface area contributed by atoms with E-state index in [2.05, 4.69) is 38.0 Å². The Morgan fingerprint density at radius 1 is 0.695 bits per heavy atom. The third kappa shape index (κ3) is 17.7. The van der Waals surface area contributed by atoms with E-state index in [4.69, 9.17) is 4.74 Å². The number of carbonyl (C=O) groups excluding carboxylic acids is 7. The summed E-state index contributed by atoms with van der Waals surface area (Å²) >= 11 is 0. The first kappa shape index (κ1) is 64.7. The summed E-state index contributed by atoms with van der Waals surface area (Å²) in [6.45, 7) is 20.0. The Balaban J connectivity index is 1.08. The molecule has 0 saturated heterocycles. The van der Waals surface area contributed by atoms with E-state index < -0.39 is 70.8 Å². The van der Waals surface area contributed by atoms with Gasteiger partial charge in [-0.2, -0.15) is 0 Å². The molecule has 0 aliphatic carbocycles. The van der Waals surface area contributed by atoms with Crippen molar-refractivity contribution in [3.8, 4) is 0 Å². The zero-order valence-electron chi connectivity index (χ0n) is 49.8. The number of carbonyl (C=O) groups is 8. The lowest BCUT2D eigenvalue weighted by Gasteiger charge is -2.40. The summed E-state index contributed by atoms with van der Waals surface area (Å²) in [4.78, 5) is 110. The first-order valence-electron chi connectivity index (χ1n) is 28.0. The zero-order chi connectivity index (χ0) is 60.6. The predicted octanol–water partition coefficient (Wildman–Crippen LogP) is 9.21. The van der Waals surface area contributed by atoms with Crippen LogP contribution in [0.15, 0.2) is 109 Å². The summed E-state index contributed by atoms with van der Waals surface area (Å²) in [5.41, 5.74) is 4.56. The normalized spacial score (nSPS) is 14.3. The van der Waals surface area contributed by atoms with Crippen molar-refractivity contribution >= 4 is 76.7 Å². The number of nitrogens with zero attached hydrogens (tertiary/aromatic N) is 2. The molecule has 82 heavy (non-hydrogen) atoms. The molecule has 18 nitrogen and oxygen atoms in total. The fourth-order valence-electron chi connectivity index (χ4n) is 9.74. The number of ether oxygens (including phenoxy) is 1. The summed E-state index contributed by atoms with van der Waals surface area (Å²) in [6.07, 6.45) is 6.18. The predicted molar refractivity (Wildman–Crippen MR) is 321 cm³/mol. The topological polar surface area (TPSA) is 245 Å². The highest BCUT2D eigenvalue weighted by Gasteiger charge is 2.42. The maximum atomic E-state index is 14.2. The van der Waals surface area contributed by atoms with Gasteiger partial charge in [-0.05, 0) is 109 Å². The van der Waals surface area contributed by atoms with Gasteiger partial charge in [-0.25, -0.2) is 9.59 Å². The van der Waals surface area contributed by atoms with Crippen LogP contribution in [-0.2, 0) is 56.9 Å². The van der Waals surface area contributed by atoms with Gasteiger partial charge in [0.15, 0.2) is 0 Å². The zero-order valence-corrected chi connectivity index (χ0v) is 49.8. The summed E-state index contributed by atoms with van der Waals surface area (Å²) in [6, 6.07) is 25.2. The van der Waals surface area contributed by atoms with Crippen LogP contribution >= 0.6 is 0 Å². The Labute approximate surface area is 483 Å². The second-order valence-electron chi connectivity index (χ2n) is 23.4. The summed E-state index contributed by atoms with van der Waals surface area (Å²) in [5, 5.41) is 26.7. The highest BCUT2D eigenvalue weighted by molar-refractivity contribution is 5.99. The fourth-order valence-corrected chi connectivity index (χ4v) is 9.74. The molecule has 18 heteroatoms. The maximum Gasteiger partial charge on any atom is 0.411 e. The van der Waals surface area contributed by atoms with E-state index in [1.165, 1.54) is 11.8 Å². The highest BCUT2D eigenvalue weighted by atomic mass is 16.5. The number of benzene rings is 4. The van der Waals surface area contributed by atoms with Crippen LogP contribution in [0.1, 0.15) is 130 Å². The second-order valence-corrected chi connectivity index (χ2v) is 23.4. The first-order valence-corrected chi connectivity index (χ1v) is 28.0. The monoisotopic (exact) mass is 1120 g/mol. The average molecular weight is 1130 g/mol. The Morgan fingerprint density at radius 3 is 1.96 bits per heavy atom. The molecule has 1 heterocycles. The third-order valence-electron chi connectivity index (χ3n) is 14.8.